The molecule has 0 radical (unpaired) electrons. The zero-order valence-electron chi connectivity index (χ0n) is 14.1. The number of hydrogen-bond acceptors (Lipinski definition) is 3. The van der Waals surface area contributed by atoms with Gasteiger partial charge >= 0.3 is 0 Å². The van der Waals surface area contributed by atoms with Crippen LogP contribution < -0.4 is 15.4 Å². The number of benzene rings is 2. The van der Waals surface area contributed by atoms with E-state index in [4.69, 9.17) is 4.74 Å². The third-order valence-electron chi connectivity index (χ3n) is 3.65. The van der Waals surface area contributed by atoms with E-state index in [2.05, 4.69) is 10.6 Å². The highest BCUT2D eigenvalue weighted by atomic mass is 16.5. The van der Waals surface area contributed by atoms with Gasteiger partial charge in [-0.1, -0.05) is 37.3 Å². The topological polar surface area (TPSA) is 67.4 Å². The fourth-order valence-corrected chi connectivity index (χ4v) is 2.47. The lowest BCUT2D eigenvalue weighted by atomic mass is 9.97. The average molecular weight is 326 g/mol. The summed E-state index contributed by atoms with van der Waals surface area (Å²) in [7, 11) is 1.54. The van der Waals surface area contributed by atoms with Crippen LogP contribution in [0.25, 0.3) is 0 Å². The Kier molecular flexibility index (Phi) is 5.95. The minimum Gasteiger partial charge on any atom is -0.495 e. The molecule has 0 bridgehead atoms. The first kappa shape index (κ1) is 17.5. The fraction of sp³-hybridized carbons (Fsp3) is 0.263. The van der Waals surface area contributed by atoms with Gasteiger partial charge in [0.25, 0.3) is 0 Å². The standard InChI is InChI=1S/C19H22N2O3/c1-13(15-7-5-4-6-8-15)11-19(23)21-17-12-16(20-14(2)22)9-10-18(17)24-3/h4-10,12-13H,11H2,1-3H3,(H,20,22)(H,21,23)/t13-/m1/s1. The second-order valence-electron chi connectivity index (χ2n) is 5.66. The molecule has 5 nitrogen and oxygen atoms in total. The lowest BCUT2D eigenvalue weighted by Crippen LogP contribution is -2.15. The molecule has 1 atom stereocenters. The molecule has 0 heterocycles. The number of carbonyl (C=O) groups is 2. The van der Waals surface area contributed by atoms with Gasteiger partial charge in [-0.25, -0.2) is 0 Å². The molecule has 2 aromatic carbocycles. The smallest absolute Gasteiger partial charge is 0.225 e. The first-order valence-electron chi connectivity index (χ1n) is 7.80. The number of ether oxygens (including phenoxy) is 1. The van der Waals surface area contributed by atoms with Crippen molar-refractivity contribution in [3.63, 3.8) is 0 Å². The van der Waals surface area contributed by atoms with E-state index < -0.39 is 0 Å². The quantitative estimate of drug-likeness (QED) is 0.849. The van der Waals surface area contributed by atoms with Crippen LogP contribution >= 0.6 is 0 Å². The van der Waals surface area contributed by atoms with Crippen molar-refractivity contribution in [1.29, 1.82) is 0 Å². The van der Waals surface area contributed by atoms with Crippen LogP contribution in [0.5, 0.6) is 5.75 Å². The highest BCUT2D eigenvalue weighted by Crippen LogP contribution is 2.29. The van der Waals surface area contributed by atoms with E-state index in [0.717, 1.165) is 5.56 Å². The van der Waals surface area contributed by atoms with Crippen LogP contribution in [0.15, 0.2) is 48.5 Å². The predicted molar refractivity (Wildman–Crippen MR) is 95.4 cm³/mol. The summed E-state index contributed by atoms with van der Waals surface area (Å²) in [6.45, 7) is 3.45. The van der Waals surface area contributed by atoms with E-state index >= 15 is 0 Å². The van der Waals surface area contributed by atoms with Crippen molar-refractivity contribution in [2.24, 2.45) is 0 Å². The molecule has 2 aromatic rings. The van der Waals surface area contributed by atoms with Crippen molar-refractivity contribution in [2.75, 3.05) is 17.7 Å². The SMILES string of the molecule is COc1ccc(NC(C)=O)cc1NC(=O)C[C@@H](C)c1ccccc1. The van der Waals surface area contributed by atoms with Crippen LogP contribution in [-0.4, -0.2) is 18.9 Å². The van der Waals surface area contributed by atoms with Gasteiger partial charge in [0.05, 0.1) is 12.8 Å². The number of methoxy groups -OCH3 is 1. The van der Waals surface area contributed by atoms with Crippen molar-refractivity contribution in [1.82, 2.24) is 0 Å². The predicted octanol–water partition coefficient (Wildman–Crippen LogP) is 3.79. The number of amides is 2. The maximum Gasteiger partial charge on any atom is 0.225 e. The fourth-order valence-electron chi connectivity index (χ4n) is 2.47. The van der Waals surface area contributed by atoms with Gasteiger partial charge in [-0.3, -0.25) is 9.59 Å². The molecule has 126 valence electrons. The van der Waals surface area contributed by atoms with Crippen LogP contribution in [0, 0.1) is 0 Å². The van der Waals surface area contributed by atoms with E-state index in [1.54, 1.807) is 18.2 Å². The van der Waals surface area contributed by atoms with Crippen LogP contribution in [0.2, 0.25) is 0 Å². The molecule has 0 fully saturated rings. The highest BCUT2D eigenvalue weighted by Gasteiger charge is 2.14. The zero-order chi connectivity index (χ0) is 17.5. The molecule has 0 aliphatic carbocycles. The summed E-state index contributed by atoms with van der Waals surface area (Å²) in [6, 6.07) is 15.0. The number of rotatable bonds is 6. The third-order valence-corrected chi connectivity index (χ3v) is 3.65. The maximum atomic E-state index is 12.3. The number of nitrogens with one attached hydrogen (secondary N) is 2. The number of anilines is 2. The first-order valence-corrected chi connectivity index (χ1v) is 7.80. The summed E-state index contributed by atoms with van der Waals surface area (Å²) >= 11 is 0. The molecule has 0 saturated carbocycles. The van der Waals surface area contributed by atoms with Gasteiger partial charge in [-0.2, -0.15) is 0 Å². The third kappa shape index (κ3) is 4.84. The van der Waals surface area contributed by atoms with Gasteiger partial charge in [-0.05, 0) is 29.7 Å². The molecule has 0 spiro atoms. The minimum absolute atomic E-state index is 0.107. The Hall–Kier alpha value is -2.82. The van der Waals surface area contributed by atoms with E-state index in [1.165, 1.54) is 14.0 Å². The summed E-state index contributed by atoms with van der Waals surface area (Å²) in [4.78, 5) is 23.5. The van der Waals surface area contributed by atoms with Gasteiger partial charge in [0.1, 0.15) is 5.75 Å². The van der Waals surface area contributed by atoms with Crippen LogP contribution in [0.3, 0.4) is 0 Å². The van der Waals surface area contributed by atoms with Crippen LogP contribution in [-0.2, 0) is 9.59 Å². The van der Waals surface area contributed by atoms with E-state index in [-0.39, 0.29) is 17.7 Å². The molecule has 0 unspecified atom stereocenters. The number of carbonyl (C=O) groups excluding carboxylic acids is 2. The normalized spacial score (nSPS) is 11.5. The Morgan fingerprint density at radius 1 is 1.08 bits per heavy atom. The molecular weight excluding hydrogens is 304 g/mol. The molecule has 0 aliphatic heterocycles. The molecule has 2 N–H and O–H groups in total. The molecule has 5 heteroatoms. The molecule has 2 rings (SSSR count). The van der Waals surface area contributed by atoms with Gasteiger partial charge in [0.2, 0.25) is 11.8 Å². The largest absolute Gasteiger partial charge is 0.495 e. The average Bonchev–Trinajstić information content (AvgIpc) is 2.55. The number of hydrogen-bond donors (Lipinski definition) is 2. The summed E-state index contributed by atoms with van der Waals surface area (Å²) in [5.41, 5.74) is 2.26. The van der Waals surface area contributed by atoms with Crippen molar-refractivity contribution < 1.29 is 14.3 Å². The van der Waals surface area contributed by atoms with Gasteiger partial charge in [0, 0.05) is 19.0 Å². The Morgan fingerprint density at radius 2 is 1.79 bits per heavy atom. The minimum atomic E-state index is -0.171. The van der Waals surface area contributed by atoms with E-state index in [0.29, 0.717) is 23.5 Å². The Bertz CT molecular complexity index is 714. The monoisotopic (exact) mass is 326 g/mol. The summed E-state index contributed by atoms with van der Waals surface area (Å²) in [6.07, 6.45) is 0.359. The second kappa shape index (κ2) is 8.15. The Balaban J connectivity index is 2.08. The van der Waals surface area contributed by atoms with Gasteiger partial charge in [0.15, 0.2) is 0 Å². The first-order chi connectivity index (χ1) is 11.5. The van der Waals surface area contributed by atoms with Gasteiger partial charge < -0.3 is 15.4 Å². The molecule has 0 aliphatic rings. The molecule has 2 amide bonds. The highest BCUT2D eigenvalue weighted by molar-refractivity contribution is 5.95. The summed E-state index contributed by atoms with van der Waals surface area (Å²) < 4.78 is 5.27. The van der Waals surface area contributed by atoms with Crippen molar-refractivity contribution in [3.8, 4) is 5.75 Å². The molecule has 24 heavy (non-hydrogen) atoms. The Morgan fingerprint density at radius 3 is 2.42 bits per heavy atom. The lowest BCUT2D eigenvalue weighted by Gasteiger charge is -2.15. The van der Waals surface area contributed by atoms with E-state index in [9.17, 15) is 9.59 Å². The summed E-state index contributed by atoms with van der Waals surface area (Å²) in [5, 5.41) is 5.55. The van der Waals surface area contributed by atoms with Crippen molar-refractivity contribution in [3.05, 3.63) is 54.1 Å². The molecule has 0 aromatic heterocycles. The van der Waals surface area contributed by atoms with Crippen molar-refractivity contribution >= 4 is 23.2 Å². The lowest BCUT2D eigenvalue weighted by molar-refractivity contribution is -0.116. The zero-order valence-corrected chi connectivity index (χ0v) is 14.1. The van der Waals surface area contributed by atoms with Gasteiger partial charge in [-0.15, -0.1) is 0 Å². The van der Waals surface area contributed by atoms with Crippen LogP contribution in [0.4, 0.5) is 11.4 Å². The molecular formula is C19H22N2O3. The van der Waals surface area contributed by atoms with Crippen molar-refractivity contribution in [2.45, 2.75) is 26.2 Å². The second-order valence-corrected chi connectivity index (χ2v) is 5.66. The Labute approximate surface area is 142 Å². The molecule has 0 saturated heterocycles. The van der Waals surface area contributed by atoms with E-state index in [1.807, 2.05) is 37.3 Å². The summed E-state index contributed by atoms with van der Waals surface area (Å²) in [5.74, 6) is 0.375. The maximum absolute atomic E-state index is 12.3. The van der Waals surface area contributed by atoms with Crippen LogP contribution in [0.1, 0.15) is 31.7 Å².